The number of benzene rings is 2. The summed E-state index contributed by atoms with van der Waals surface area (Å²) in [5.41, 5.74) is 2.16. The summed E-state index contributed by atoms with van der Waals surface area (Å²) >= 11 is 18.4. The normalized spacial score (nSPS) is 14.4. The van der Waals surface area contributed by atoms with Crippen molar-refractivity contribution in [1.29, 1.82) is 0 Å². The zero-order valence-electron chi connectivity index (χ0n) is 17.4. The highest BCUT2D eigenvalue weighted by molar-refractivity contribution is 7.71. The lowest BCUT2D eigenvalue weighted by atomic mass is 10.2. The van der Waals surface area contributed by atoms with Gasteiger partial charge in [-0.3, -0.25) is 9.47 Å². The van der Waals surface area contributed by atoms with Gasteiger partial charge in [-0.2, -0.15) is 0 Å². The van der Waals surface area contributed by atoms with Gasteiger partial charge in [-0.25, -0.2) is 4.68 Å². The molecule has 0 atom stereocenters. The van der Waals surface area contributed by atoms with Gasteiger partial charge in [0.2, 0.25) is 10.7 Å². The van der Waals surface area contributed by atoms with E-state index in [4.69, 9.17) is 45.3 Å². The van der Waals surface area contributed by atoms with Gasteiger partial charge in [-0.1, -0.05) is 65.7 Å². The topological polar surface area (TPSA) is 38.5 Å². The SMILES string of the molecule is CN(Cc1cccc(Cl)c1Cl)Cn1nc(N2CCOCC2)n(Cc2ccccc2)c1=S. The van der Waals surface area contributed by atoms with Crippen LogP contribution >= 0.6 is 35.4 Å². The van der Waals surface area contributed by atoms with Crippen LogP contribution in [0, 0.1) is 4.77 Å². The molecule has 0 bridgehead atoms. The van der Waals surface area contributed by atoms with E-state index >= 15 is 0 Å². The first kappa shape index (κ1) is 22.3. The Morgan fingerprint density at radius 2 is 1.81 bits per heavy atom. The number of anilines is 1. The first-order valence-electron chi connectivity index (χ1n) is 10.2. The van der Waals surface area contributed by atoms with Crippen molar-refractivity contribution in [1.82, 2.24) is 19.2 Å². The molecular formula is C22H25Cl2N5OS. The van der Waals surface area contributed by atoms with Gasteiger partial charge in [-0.05, 0) is 36.5 Å². The average molecular weight is 478 g/mol. The maximum absolute atomic E-state index is 6.37. The van der Waals surface area contributed by atoms with E-state index in [1.54, 1.807) is 6.07 Å². The molecular weight excluding hydrogens is 453 g/mol. The second-order valence-corrected chi connectivity index (χ2v) is 8.77. The van der Waals surface area contributed by atoms with Crippen molar-refractivity contribution in [3.8, 4) is 0 Å². The van der Waals surface area contributed by atoms with E-state index in [0.29, 0.717) is 47.8 Å². The summed E-state index contributed by atoms with van der Waals surface area (Å²) in [6.45, 7) is 4.84. The molecule has 0 spiro atoms. The molecule has 164 valence electrons. The van der Waals surface area contributed by atoms with Crippen LogP contribution in [0.1, 0.15) is 11.1 Å². The minimum atomic E-state index is 0.542. The van der Waals surface area contributed by atoms with Gasteiger partial charge in [0.05, 0.1) is 36.5 Å². The third-order valence-electron chi connectivity index (χ3n) is 5.23. The van der Waals surface area contributed by atoms with E-state index < -0.39 is 0 Å². The standard InChI is InChI=1S/C22H25Cl2N5OS/c1-26(15-18-8-5-9-19(23)20(18)24)16-29-22(31)28(14-17-6-3-2-4-7-17)21(25-29)27-10-12-30-13-11-27/h2-9H,10-16H2,1H3. The molecule has 2 heterocycles. The van der Waals surface area contributed by atoms with Gasteiger partial charge in [0.15, 0.2) is 0 Å². The molecule has 1 saturated heterocycles. The van der Waals surface area contributed by atoms with Crippen LogP contribution in [0.25, 0.3) is 0 Å². The molecule has 0 unspecified atom stereocenters. The summed E-state index contributed by atoms with van der Waals surface area (Å²) < 4.78 is 10.2. The minimum absolute atomic E-state index is 0.542. The van der Waals surface area contributed by atoms with Gasteiger partial charge in [-0.15, -0.1) is 5.10 Å². The van der Waals surface area contributed by atoms with E-state index in [1.165, 1.54) is 5.56 Å². The minimum Gasteiger partial charge on any atom is -0.378 e. The largest absolute Gasteiger partial charge is 0.378 e. The Labute approximate surface area is 197 Å². The van der Waals surface area contributed by atoms with Crippen molar-refractivity contribution in [2.75, 3.05) is 38.3 Å². The van der Waals surface area contributed by atoms with Crippen molar-refractivity contribution in [2.24, 2.45) is 0 Å². The van der Waals surface area contributed by atoms with Crippen LogP contribution in [0.3, 0.4) is 0 Å². The molecule has 1 fully saturated rings. The Morgan fingerprint density at radius 1 is 1.06 bits per heavy atom. The van der Waals surface area contributed by atoms with Gasteiger partial charge in [0.25, 0.3) is 0 Å². The number of hydrogen-bond donors (Lipinski definition) is 0. The Hall–Kier alpha value is -1.90. The summed E-state index contributed by atoms with van der Waals surface area (Å²) in [6, 6.07) is 16.0. The van der Waals surface area contributed by atoms with E-state index in [2.05, 4.69) is 26.5 Å². The van der Waals surface area contributed by atoms with Crippen LogP contribution in [0.4, 0.5) is 5.95 Å². The molecule has 6 nitrogen and oxygen atoms in total. The van der Waals surface area contributed by atoms with Gasteiger partial charge < -0.3 is 9.64 Å². The fourth-order valence-corrected chi connectivity index (χ4v) is 4.29. The fraction of sp³-hybridized carbons (Fsp3) is 0.364. The highest BCUT2D eigenvalue weighted by Gasteiger charge is 2.21. The number of nitrogens with zero attached hydrogens (tertiary/aromatic N) is 5. The van der Waals surface area contributed by atoms with Crippen LogP contribution in [0.15, 0.2) is 48.5 Å². The van der Waals surface area contributed by atoms with Crippen molar-refractivity contribution in [3.05, 3.63) is 74.5 Å². The average Bonchev–Trinajstić information content (AvgIpc) is 3.08. The van der Waals surface area contributed by atoms with Crippen LogP contribution in [0.2, 0.25) is 10.0 Å². The monoisotopic (exact) mass is 477 g/mol. The van der Waals surface area contributed by atoms with Crippen LogP contribution in [-0.2, 0) is 24.5 Å². The Kier molecular flexibility index (Phi) is 7.30. The van der Waals surface area contributed by atoms with Gasteiger partial charge in [0, 0.05) is 19.6 Å². The second kappa shape index (κ2) is 10.1. The summed E-state index contributed by atoms with van der Waals surface area (Å²) in [5, 5.41) is 6.04. The summed E-state index contributed by atoms with van der Waals surface area (Å²) in [5.74, 6) is 0.881. The van der Waals surface area contributed by atoms with Crippen LogP contribution in [-0.4, -0.2) is 52.6 Å². The van der Waals surface area contributed by atoms with Crippen LogP contribution < -0.4 is 4.90 Å². The number of rotatable bonds is 7. The Bertz CT molecular complexity index is 1080. The lowest BCUT2D eigenvalue weighted by Gasteiger charge is -2.27. The molecule has 1 aliphatic heterocycles. The molecule has 0 radical (unpaired) electrons. The number of morpholine rings is 1. The van der Waals surface area contributed by atoms with E-state index in [9.17, 15) is 0 Å². The molecule has 9 heteroatoms. The highest BCUT2D eigenvalue weighted by atomic mass is 35.5. The molecule has 0 saturated carbocycles. The molecule has 4 rings (SSSR count). The highest BCUT2D eigenvalue weighted by Crippen LogP contribution is 2.26. The fourth-order valence-electron chi connectivity index (χ4n) is 3.66. The Morgan fingerprint density at radius 3 is 2.55 bits per heavy atom. The molecule has 3 aromatic rings. The number of aromatic nitrogens is 3. The molecule has 1 aliphatic rings. The third-order valence-corrected chi connectivity index (χ3v) is 6.52. The molecule has 2 aromatic carbocycles. The number of hydrogen-bond acceptors (Lipinski definition) is 5. The van der Waals surface area contributed by atoms with E-state index in [0.717, 1.165) is 24.6 Å². The summed E-state index contributed by atoms with van der Waals surface area (Å²) in [7, 11) is 2.02. The number of halogens is 2. The Balaban J connectivity index is 1.59. The summed E-state index contributed by atoms with van der Waals surface area (Å²) in [4.78, 5) is 4.36. The van der Waals surface area contributed by atoms with E-state index in [1.807, 2.05) is 42.1 Å². The van der Waals surface area contributed by atoms with Crippen molar-refractivity contribution >= 4 is 41.4 Å². The van der Waals surface area contributed by atoms with Crippen molar-refractivity contribution < 1.29 is 4.74 Å². The maximum atomic E-state index is 6.37. The quantitative estimate of drug-likeness (QED) is 0.461. The third kappa shape index (κ3) is 5.30. The number of ether oxygens (including phenoxy) is 1. The maximum Gasteiger partial charge on any atom is 0.226 e. The molecule has 0 N–H and O–H groups in total. The zero-order valence-corrected chi connectivity index (χ0v) is 19.7. The predicted molar refractivity (Wildman–Crippen MR) is 128 cm³/mol. The van der Waals surface area contributed by atoms with Gasteiger partial charge in [0.1, 0.15) is 0 Å². The zero-order chi connectivity index (χ0) is 21.8. The molecule has 0 amide bonds. The van der Waals surface area contributed by atoms with Crippen molar-refractivity contribution in [2.45, 2.75) is 19.8 Å². The molecule has 1 aromatic heterocycles. The van der Waals surface area contributed by atoms with E-state index in [-0.39, 0.29) is 0 Å². The lowest BCUT2D eigenvalue weighted by molar-refractivity contribution is 0.121. The first-order valence-corrected chi connectivity index (χ1v) is 11.3. The van der Waals surface area contributed by atoms with Crippen molar-refractivity contribution in [3.63, 3.8) is 0 Å². The second-order valence-electron chi connectivity index (χ2n) is 7.62. The predicted octanol–water partition coefficient (Wildman–Crippen LogP) is 4.70. The first-order chi connectivity index (χ1) is 15.0. The van der Waals surface area contributed by atoms with Gasteiger partial charge >= 0.3 is 0 Å². The van der Waals surface area contributed by atoms with Crippen LogP contribution in [0.5, 0.6) is 0 Å². The summed E-state index contributed by atoms with van der Waals surface area (Å²) in [6.07, 6.45) is 0. The smallest absolute Gasteiger partial charge is 0.226 e. The molecule has 0 aliphatic carbocycles. The lowest BCUT2D eigenvalue weighted by Crippen LogP contribution is -2.38. The molecule has 31 heavy (non-hydrogen) atoms.